The number of hydrogen-bond acceptors (Lipinski definition) is 3. The molecule has 1 aliphatic rings. The van der Waals surface area contributed by atoms with E-state index in [2.05, 4.69) is 20.9 Å². The predicted octanol–water partition coefficient (Wildman–Crippen LogP) is 3.05. The van der Waals surface area contributed by atoms with Crippen molar-refractivity contribution in [1.82, 2.24) is 9.88 Å². The van der Waals surface area contributed by atoms with Crippen LogP contribution in [0.5, 0.6) is 0 Å². The van der Waals surface area contributed by atoms with Gasteiger partial charge in [0.15, 0.2) is 0 Å². The fraction of sp³-hybridized carbons (Fsp3) is 0.133. The van der Waals surface area contributed by atoms with E-state index < -0.39 is 0 Å². The van der Waals surface area contributed by atoms with Crippen LogP contribution < -0.4 is 0 Å². The molecular formula is C15H11BrN2O2. The number of benzene rings is 1. The lowest BCUT2D eigenvalue weighted by atomic mass is 10.0. The SMILES string of the molecule is Cc1nc(-c2ccc(Br)cc2)cc2c1C(=O)N(C)C2=O. The number of carbonyl (C=O) groups is 2. The Morgan fingerprint density at radius 1 is 1.10 bits per heavy atom. The Labute approximate surface area is 124 Å². The number of halogens is 1. The van der Waals surface area contributed by atoms with Crippen LogP contribution >= 0.6 is 15.9 Å². The Bertz CT molecular complexity index is 738. The molecule has 0 saturated carbocycles. The quantitative estimate of drug-likeness (QED) is 0.755. The maximum absolute atomic E-state index is 12.1. The van der Waals surface area contributed by atoms with Crippen molar-refractivity contribution in [1.29, 1.82) is 0 Å². The van der Waals surface area contributed by atoms with Crippen LogP contribution in [0.25, 0.3) is 11.3 Å². The van der Waals surface area contributed by atoms with Crippen molar-refractivity contribution in [3.63, 3.8) is 0 Å². The summed E-state index contributed by atoms with van der Waals surface area (Å²) in [5, 5.41) is 0. The van der Waals surface area contributed by atoms with Gasteiger partial charge in [0.2, 0.25) is 0 Å². The number of carbonyl (C=O) groups excluding carboxylic acids is 2. The maximum Gasteiger partial charge on any atom is 0.263 e. The molecule has 3 rings (SSSR count). The molecule has 1 aromatic heterocycles. The number of nitrogens with zero attached hydrogens (tertiary/aromatic N) is 2. The third-order valence-corrected chi connectivity index (χ3v) is 3.92. The summed E-state index contributed by atoms with van der Waals surface area (Å²) < 4.78 is 0.977. The van der Waals surface area contributed by atoms with Gasteiger partial charge in [-0.15, -0.1) is 0 Å². The highest BCUT2D eigenvalue weighted by Gasteiger charge is 2.35. The molecule has 0 radical (unpaired) electrons. The molecule has 0 fully saturated rings. The van der Waals surface area contributed by atoms with Gasteiger partial charge in [-0.1, -0.05) is 28.1 Å². The van der Waals surface area contributed by atoms with Gasteiger partial charge < -0.3 is 0 Å². The molecule has 0 unspecified atom stereocenters. The van der Waals surface area contributed by atoms with Crippen molar-refractivity contribution in [3.05, 3.63) is 51.6 Å². The second kappa shape index (κ2) is 4.52. The van der Waals surface area contributed by atoms with Crippen LogP contribution in [-0.4, -0.2) is 28.7 Å². The summed E-state index contributed by atoms with van der Waals surface area (Å²) in [7, 11) is 1.49. The molecule has 4 nitrogen and oxygen atoms in total. The average molecular weight is 331 g/mol. The lowest BCUT2D eigenvalue weighted by Gasteiger charge is -2.05. The van der Waals surface area contributed by atoms with Crippen LogP contribution in [0.15, 0.2) is 34.8 Å². The number of hydrogen-bond donors (Lipinski definition) is 0. The minimum Gasteiger partial charge on any atom is -0.277 e. The molecule has 5 heteroatoms. The van der Waals surface area contributed by atoms with Gasteiger partial charge in [0, 0.05) is 17.1 Å². The number of fused-ring (bicyclic) bond motifs is 1. The molecule has 0 spiro atoms. The van der Waals surface area contributed by atoms with Crippen LogP contribution in [0.2, 0.25) is 0 Å². The monoisotopic (exact) mass is 330 g/mol. The number of aromatic nitrogens is 1. The summed E-state index contributed by atoms with van der Waals surface area (Å²) in [5.74, 6) is -0.550. The first kappa shape index (κ1) is 13.0. The van der Waals surface area contributed by atoms with Crippen molar-refractivity contribution in [2.75, 3.05) is 7.05 Å². The standard InChI is InChI=1S/C15H11BrN2O2/c1-8-13-11(14(19)18(2)15(13)20)7-12(17-8)9-3-5-10(16)6-4-9/h3-7H,1-2H3. The molecule has 20 heavy (non-hydrogen) atoms. The van der Waals surface area contributed by atoms with E-state index in [1.165, 1.54) is 7.05 Å². The number of aryl methyl sites for hydroxylation is 1. The summed E-state index contributed by atoms with van der Waals surface area (Å²) >= 11 is 3.38. The summed E-state index contributed by atoms with van der Waals surface area (Å²) in [6.07, 6.45) is 0. The second-order valence-electron chi connectivity index (χ2n) is 4.69. The zero-order valence-electron chi connectivity index (χ0n) is 11.0. The van der Waals surface area contributed by atoms with Crippen LogP contribution in [-0.2, 0) is 0 Å². The summed E-state index contributed by atoms with van der Waals surface area (Å²) in [4.78, 5) is 29.6. The molecule has 0 N–H and O–H groups in total. The first-order chi connectivity index (χ1) is 9.49. The Hall–Kier alpha value is -2.01. The van der Waals surface area contributed by atoms with E-state index in [0.717, 1.165) is 14.9 Å². The van der Waals surface area contributed by atoms with Crippen molar-refractivity contribution in [3.8, 4) is 11.3 Å². The topological polar surface area (TPSA) is 50.3 Å². The molecular weight excluding hydrogens is 320 g/mol. The fourth-order valence-corrected chi connectivity index (χ4v) is 2.58. The summed E-state index contributed by atoms with van der Waals surface area (Å²) in [5.41, 5.74) is 3.04. The normalized spacial score (nSPS) is 13.8. The molecule has 0 bridgehead atoms. The Morgan fingerprint density at radius 3 is 2.40 bits per heavy atom. The maximum atomic E-state index is 12.1. The number of amides is 2. The number of imide groups is 1. The zero-order valence-corrected chi connectivity index (χ0v) is 12.6. The molecule has 1 aromatic carbocycles. The van der Waals surface area contributed by atoms with Gasteiger partial charge in [-0.3, -0.25) is 19.5 Å². The lowest BCUT2D eigenvalue weighted by Crippen LogP contribution is -2.24. The van der Waals surface area contributed by atoms with E-state index in [9.17, 15) is 9.59 Å². The van der Waals surface area contributed by atoms with Crippen molar-refractivity contribution < 1.29 is 9.59 Å². The first-order valence-electron chi connectivity index (χ1n) is 6.09. The van der Waals surface area contributed by atoms with Gasteiger partial charge in [0.25, 0.3) is 11.8 Å². The molecule has 100 valence electrons. The van der Waals surface area contributed by atoms with E-state index >= 15 is 0 Å². The van der Waals surface area contributed by atoms with Gasteiger partial charge in [0.05, 0.1) is 22.5 Å². The third kappa shape index (κ3) is 1.86. The van der Waals surface area contributed by atoms with Gasteiger partial charge in [-0.05, 0) is 25.1 Å². The van der Waals surface area contributed by atoms with Gasteiger partial charge in [0.1, 0.15) is 0 Å². The molecule has 2 aromatic rings. The average Bonchev–Trinajstić information content (AvgIpc) is 2.65. The van der Waals surface area contributed by atoms with Crippen LogP contribution in [0.1, 0.15) is 26.4 Å². The third-order valence-electron chi connectivity index (χ3n) is 3.39. The Kier molecular flexibility index (Phi) is 2.94. The van der Waals surface area contributed by atoms with Gasteiger partial charge in [-0.2, -0.15) is 0 Å². The second-order valence-corrected chi connectivity index (χ2v) is 5.61. The van der Waals surface area contributed by atoms with Crippen molar-refractivity contribution >= 4 is 27.7 Å². The van der Waals surface area contributed by atoms with E-state index in [1.54, 1.807) is 13.0 Å². The lowest BCUT2D eigenvalue weighted by molar-refractivity contribution is 0.0693. The van der Waals surface area contributed by atoms with E-state index in [-0.39, 0.29) is 11.8 Å². The summed E-state index contributed by atoms with van der Waals surface area (Å²) in [6, 6.07) is 9.36. The Morgan fingerprint density at radius 2 is 1.75 bits per heavy atom. The number of rotatable bonds is 1. The Balaban J connectivity index is 2.18. The minimum absolute atomic E-state index is 0.270. The largest absolute Gasteiger partial charge is 0.277 e. The van der Waals surface area contributed by atoms with Crippen molar-refractivity contribution in [2.45, 2.75) is 6.92 Å². The zero-order chi connectivity index (χ0) is 14.4. The molecule has 0 atom stereocenters. The smallest absolute Gasteiger partial charge is 0.263 e. The van der Waals surface area contributed by atoms with Crippen LogP contribution in [0.3, 0.4) is 0 Å². The fourth-order valence-electron chi connectivity index (χ4n) is 2.32. The molecule has 2 heterocycles. The van der Waals surface area contributed by atoms with Gasteiger partial charge in [-0.25, -0.2) is 0 Å². The molecule has 0 aliphatic carbocycles. The van der Waals surface area contributed by atoms with Crippen molar-refractivity contribution in [2.24, 2.45) is 0 Å². The van der Waals surface area contributed by atoms with E-state index in [1.807, 2.05) is 24.3 Å². The van der Waals surface area contributed by atoms with E-state index in [4.69, 9.17) is 0 Å². The molecule has 0 saturated heterocycles. The highest BCUT2D eigenvalue weighted by Crippen LogP contribution is 2.29. The molecule has 1 aliphatic heterocycles. The predicted molar refractivity (Wildman–Crippen MR) is 78.5 cm³/mol. The first-order valence-corrected chi connectivity index (χ1v) is 6.88. The number of pyridine rings is 1. The highest BCUT2D eigenvalue weighted by atomic mass is 79.9. The van der Waals surface area contributed by atoms with E-state index in [0.29, 0.717) is 22.5 Å². The summed E-state index contributed by atoms with van der Waals surface area (Å²) in [6.45, 7) is 1.76. The minimum atomic E-state index is -0.280. The van der Waals surface area contributed by atoms with Crippen LogP contribution in [0, 0.1) is 6.92 Å². The van der Waals surface area contributed by atoms with Gasteiger partial charge >= 0.3 is 0 Å². The van der Waals surface area contributed by atoms with Crippen LogP contribution in [0.4, 0.5) is 0 Å². The highest BCUT2D eigenvalue weighted by molar-refractivity contribution is 9.10. The molecule has 2 amide bonds.